The first-order chi connectivity index (χ1) is 10.2. The van der Waals surface area contributed by atoms with E-state index in [0.29, 0.717) is 13.0 Å². The Morgan fingerprint density at radius 2 is 1.87 bits per heavy atom. The van der Waals surface area contributed by atoms with E-state index in [1.165, 1.54) is 0 Å². The molecule has 1 heterocycles. The lowest BCUT2D eigenvalue weighted by Gasteiger charge is -2.05. The summed E-state index contributed by atoms with van der Waals surface area (Å²) < 4.78 is 2.02. The van der Waals surface area contributed by atoms with E-state index in [-0.39, 0.29) is 30.7 Å². The molecule has 0 saturated carbocycles. The molecule has 1 aromatic heterocycles. The van der Waals surface area contributed by atoms with Crippen LogP contribution in [0, 0.1) is 0 Å². The van der Waals surface area contributed by atoms with E-state index in [9.17, 15) is 4.79 Å². The molecule has 23 heavy (non-hydrogen) atoms. The Balaban J connectivity index is 0.00000242. The maximum Gasteiger partial charge on any atom is 0.220 e. The highest BCUT2D eigenvalue weighted by Gasteiger charge is 2.08. The summed E-state index contributed by atoms with van der Waals surface area (Å²) >= 11 is 0. The topological polar surface area (TPSA) is 72.9 Å². The van der Waals surface area contributed by atoms with Crippen LogP contribution in [0.3, 0.4) is 0 Å². The molecule has 2 aromatic rings. The number of benzene rings is 1. The first kappa shape index (κ1) is 21.7. The summed E-state index contributed by atoms with van der Waals surface area (Å²) in [5.74, 6) is 0.975. The molecule has 0 radical (unpaired) electrons. The van der Waals surface area contributed by atoms with E-state index in [2.05, 4.69) is 10.3 Å². The minimum Gasteiger partial charge on any atom is -0.349 e. The Morgan fingerprint density at radius 1 is 1.17 bits per heavy atom. The van der Waals surface area contributed by atoms with Gasteiger partial charge >= 0.3 is 0 Å². The minimum atomic E-state index is 0. The van der Waals surface area contributed by atoms with E-state index in [1.54, 1.807) is 0 Å². The molecule has 5 nitrogen and oxygen atoms in total. The van der Waals surface area contributed by atoms with Crippen LogP contribution in [-0.2, 0) is 18.4 Å². The van der Waals surface area contributed by atoms with Crippen LogP contribution in [0.5, 0.6) is 0 Å². The van der Waals surface area contributed by atoms with Gasteiger partial charge in [-0.25, -0.2) is 4.98 Å². The zero-order valence-corrected chi connectivity index (χ0v) is 15.1. The molecule has 0 aliphatic heterocycles. The smallest absolute Gasteiger partial charge is 0.220 e. The number of halogens is 2. The number of fused-ring (bicyclic) bond motifs is 1. The van der Waals surface area contributed by atoms with Crippen LogP contribution < -0.4 is 11.1 Å². The first-order valence-corrected chi connectivity index (χ1v) is 7.59. The van der Waals surface area contributed by atoms with E-state index >= 15 is 0 Å². The Labute approximate surface area is 149 Å². The van der Waals surface area contributed by atoms with Crippen LogP contribution in [0.2, 0.25) is 0 Å². The van der Waals surface area contributed by atoms with Gasteiger partial charge in [0.1, 0.15) is 5.82 Å². The molecule has 1 amide bonds. The average Bonchev–Trinajstić information content (AvgIpc) is 2.82. The predicted octanol–water partition coefficient (Wildman–Crippen LogP) is 2.94. The minimum absolute atomic E-state index is 0. The van der Waals surface area contributed by atoms with Gasteiger partial charge in [-0.2, -0.15) is 0 Å². The Morgan fingerprint density at radius 3 is 2.57 bits per heavy atom. The van der Waals surface area contributed by atoms with Crippen LogP contribution in [0.15, 0.2) is 24.3 Å². The van der Waals surface area contributed by atoms with Gasteiger partial charge in [-0.3, -0.25) is 4.79 Å². The third-order valence-electron chi connectivity index (χ3n) is 3.68. The predicted molar refractivity (Wildman–Crippen MR) is 99.2 cm³/mol. The number of nitrogens with two attached hydrogens (primary N) is 1. The standard InChI is InChI=1S/C16H24N4O.2ClH/c1-20-14-9-6-5-8-13(14)19-15(20)12-18-16(21)10-4-2-3-7-11-17;;/h5-6,8-9H,2-4,7,10-12,17H2,1H3,(H,18,21);2*1H. The molecule has 0 aliphatic carbocycles. The summed E-state index contributed by atoms with van der Waals surface area (Å²) in [5, 5.41) is 2.94. The van der Waals surface area contributed by atoms with Gasteiger partial charge in [0.05, 0.1) is 17.6 Å². The molecule has 0 fully saturated rings. The second kappa shape index (κ2) is 11.3. The fraction of sp³-hybridized carbons (Fsp3) is 0.500. The van der Waals surface area contributed by atoms with Crippen LogP contribution in [-0.4, -0.2) is 22.0 Å². The van der Waals surface area contributed by atoms with Crippen LogP contribution in [0.1, 0.15) is 37.9 Å². The van der Waals surface area contributed by atoms with Crippen molar-refractivity contribution in [3.05, 3.63) is 30.1 Å². The number of imidazole rings is 1. The van der Waals surface area contributed by atoms with E-state index in [4.69, 9.17) is 5.73 Å². The molecule has 1 aromatic carbocycles. The van der Waals surface area contributed by atoms with Crippen molar-refractivity contribution in [2.24, 2.45) is 12.8 Å². The van der Waals surface area contributed by atoms with Crippen molar-refractivity contribution in [2.75, 3.05) is 6.54 Å². The third kappa shape index (κ3) is 6.37. The van der Waals surface area contributed by atoms with Gasteiger partial charge in [-0.15, -0.1) is 24.8 Å². The molecular weight excluding hydrogens is 335 g/mol. The summed E-state index contributed by atoms with van der Waals surface area (Å²) in [7, 11) is 1.98. The van der Waals surface area contributed by atoms with Crippen molar-refractivity contribution in [3.8, 4) is 0 Å². The molecule has 0 bridgehead atoms. The van der Waals surface area contributed by atoms with E-state index in [1.807, 2.05) is 35.9 Å². The number of hydrogen-bond acceptors (Lipinski definition) is 3. The Kier molecular flexibility index (Phi) is 10.6. The summed E-state index contributed by atoms with van der Waals surface area (Å²) in [5.41, 5.74) is 7.49. The zero-order valence-electron chi connectivity index (χ0n) is 13.5. The molecule has 0 spiro atoms. The van der Waals surface area contributed by atoms with E-state index in [0.717, 1.165) is 49.1 Å². The number of rotatable bonds is 8. The highest BCUT2D eigenvalue weighted by Crippen LogP contribution is 2.14. The van der Waals surface area contributed by atoms with Gasteiger partial charge in [-0.1, -0.05) is 25.0 Å². The average molecular weight is 361 g/mol. The number of para-hydroxylation sites is 2. The fourth-order valence-electron chi connectivity index (χ4n) is 2.40. The van der Waals surface area contributed by atoms with Gasteiger partial charge in [0, 0.05) is 13.5 Å². The van der Waals surface area contributed by atoms with Gasteiger partial charge in [0.25, 0.3) is 0 Å². The first-order valence-electron chi connectivity index (χ1n) is 7.59. The van der Waals surface area contributed by atoms with Crippen molar-refractivity contribution in [3.63, 3.8) is 0 Å². The zero-order chi connectivity index (χ0) is 15.1. The maximum atomic E-state index is 11.8. The number of hydrogen-bond donors (Lipinski definition) is 2. The number of carbonyl (C=O) groups is 1. The summed E-state index contributed by atoms with van der Waals surface area (Å²) in [4.78, 5) is 16.3. The number of nitrogens with one attached hydrogen (secondary N) is 1. The van der Waals surface area contributed by atoms with Crippen LogP contribution in [0.4, 0.5) is 0 Å². The second-order valence-corrected chi connectivity index (χ2v) is 5.31. The summed E-state index contributed by atoms with van der Waals surface area (Å²) in [6.45, 7) is 1.21. The maximum absolute atomic E-state index is 11.8. The lowest BCUT2D eigenvalue weighted by atomic mass is 10.1. The molecule has 2 rings (SSSR count). The molecule has 7 heteroatoms. The normalized spacial score (nSPS) is 10.0. The number of aryl methyl sites for hydroxylation is 1. The van der Waals surface area contributed by atoms with Crippen molar-refractivity contribution in [2.45, 2.75) is 38.6 Å². The number of nitrogens with zero attached hydrogens (tertiary/aromatic N) is 2. The summed E-state index contributed by atoms with van der Waals surface area (Å²) in [6.07, 6.45) is 4.72. The molecule has 0 unspecified atom stereocenters. The Hall–Kier alpha value is -1.30. The van der Waals surface area contributed by atoms with Crippen LogP contribution in [0.25, 0.3) is 11.0 Å². The monoisotopic (exact) mass is 360 g/mol. The third-order valence-corrected chi connectivity index (χ3v) is 3.68. The molecule has 0 aliphatic rings. The van der Waals surface area contributed by atoms with Gasteiger partial charge < -0.3 is 15.6 Å². The number of amides is 1. The fourth-order valence-corrected chi connectivity index (χ4v) is 2.40. The second-order valence-electron chi connectivity index (χ2n) is 5.31. The van der Waals surface area contributed by atoms with Gasteiger partial charge in [0.15, 0.2) is 0 Å². The molecular formula is C16H26Cl2N4O. The number of unbranched alkanes of at least 4 members (excludes halogenated alkanes) is 3. The molecule has 0 saturated heterocycles. The van der Waals surface area contributed by atoms with Crippen molar-refractivity contribution in [1.29, 1.82) is 0 Å². The molecule has 0 atom stereocenters. The van der Waals surface area contributed by atoms with Crippen molar-refractivity contribution in [1.82, 2.24) is 14.9 Å². The molecule has 130 valence electrons. The van der Waals surface area contributed by atoms with E-state index < -0.39 is 0 Å². The Bertz CT molecular complexity index is 601. The van der Waals surface area contributed by atoms with Gasteiger partial charge in [0.2, 0.25) is 5.91 Å². The SMILES string of the molecule is Cl.Cl.Cn1c(CNC(=O)CCCCCCN)nc2ccccc21. The number of carbonyl (C=O) groups excluding carboxylic acids is 1. The lowest BCUT2D eigenvalue weighted by molar-refractivity contribution is -0.121. The highest BCUT2D eigenvalue weighted by atomic mass is 35.5. The summed E-state index contributed by atoms with van der Waals surface area (Å²) in [6, 6.07) is 7.98. The number of aromatic nitrogens is 2. The largest absolute Gasteiger partial charge is 0.349 e. The highest BCUT2D eigenvalue weighted by molar-refractivity contribution is 5.85. The lowest BCUT2D eigenvalue weighted by Crippen LogP contribution is -2.24. The van der Waals surface area contributed by atoms with Crippen LogP contribution >= 0.6 is 24.8 Å². The van der Waals surface area contributed by atoms with Crippen molar-refractivity contribution >= 4 is 41.8 Å². The van der Waals surface area contributed by atoms with Crippen molar-refractivity contribution < 1.29 is 4.79 Å². The quantitative estimate of drug-likeness (QED) is 0.710. The van der Waals surface area contributed by atoms with Gasteiger partial charge in [-0.05, 0) is 31.5 Å². The molecule has 3 N–H and O–H groups in total.